The van der Waals surface area contributed by atoms with Crippen LogP contribution in [0, 0.1) is 15.9 Å². The van der Waals surface area contributed by atoms with E-state index in [1.54, 1.807) is 17.0 Å². The monoisotopic (exact) mass is 405 g/mol. The molecule has 2 aromatic carbocycles. The molecule has 1 aliphatic heterocycles. The van der Waals surface area contributed by atoms with E-state index in [1.165, 1.54) is 36.1 Å². The fourth-order valence-corrected chi connectivity index (χ4v) is 3.31. The van der Waals surface area contributed by atoms with Gasteiger partial charge in [-0.2, -0.15) is 0 Å². The van der Waals surface area contributed by atoms with Crippen LogP contribution in [0.1, 0.15) is 27.6 Å². The molecule has 28 heavy (non-hydrogen) atoms. The lowest BCUT2D eigenvalue weighted by Gasteiger charge is -2.36. The molecule has 1 saturated heterocycles. The van der Waals surface area contributed by atoms with Crippen molar-refractivity contribution in [3.8, 4) is 0 Å². The van der Waals surface area contributed by atoms with E-state index in [2.05, 4.69) is 0 Å². The van der Waals surface area contributed by atoms with Gasteiger partial charge in [0, 0.05) is 42.8 Å². The minimum absolute atomic E-state index is 0.0667. The average Bonchev–Trinajstić information content (AvgIpc) is 2.67. The molecule has 0 spiro atoms. The van der Waals surface area contributed by atoms with E-state index in [0.717, 1.165) is 0 Å². The molecule has 1 fully saturated rings. The second kappa shape index (κ2) is 7.93. The summed E-state index contributed by atoms with van der Waals surface area (Å²) in [5, 5.41) is 11.4. The molecule has 0 saturated carbocycles. The first-order chi connectivity index (χ1) is 13.3. The fraction of sp³-hybridized carbons (Fsp3) is 0.263. The minimum atomic E-state index is -0.619. The zero-order chi connectivity index (χ0) is 20.4. The van der Waals surface area contributed by atoms with Crippen LogP contribution in [-0.2, 0) is 0 Å². The molecule has 0 N–H and O–H groups in total. The number of Topliss-reactive ketones (excluding diaryl/α,β-unsaturated/α-hetero) is 1. The molecule has 3 rings (SSSR count). The largest absolute Gasteiger partial charge is 0.366 e. The molecule has 9 heteroatoms. The number of nitro groups is 1. The van der Waals surface area contributed by atoms with E-state index in [1.807, 2.05) is 0 Å². The first-order valence-corrected chi connectivity index (χ1v) is 8.94. The lowest BCUT2D eigenvalue weighted by atomic mass is 10.1. The van der Waals surface area contributed by atoms with Crippen molar-refractivity contribution in [1.29, 1.82) is 0 Å². The highest BCUT2D eigenvalue weighted by atomic mass is 35.5. The number of halogens is 2. The summed E-state index contributed by atoms with van der Waals surface area (Å²) in [6.07, 6.45) is 0. The summed E-state index contributed by atoms with van der Waals surface area (Å²) < 4.78 is 14.3. The second-order valence-corrected chi connectivity index (χ2v) is 6.86. The van der Waals surface area contributed by atoms with Crippen LogP contribution in [0.4, 0.5) is 15.8 Å². The van der Waals surface area contributed by atoms with Crippen molar-refractivity contribution in [3.63, 3.8) is 0 Å². The Hall–Kier alpha value is -3.00. The number of benzene rings is 2. The van der Waals surface area contributed by atoms with Crippen molar-refractivity contribution in [2.24, 2.45) is 0 Å². The normalized spacial score (nSPS) is 14.1. The lowest BCUT2D eigenvalue weighted by Crippen LogP contribution is -2.49. The van der Waals surface area contributed by atoms with Crippen molar-refractivity contribution in [2.45, 2.75) is 6.92 Å². The Bertz CT molecular complexity index is 958. The number of piperazine rings is 1. The van der Waals surface area contributed by atoms with E-state index in [0.29, 0.717) is 24.3 Å². The standard InChI is InChI=1S/C19H17ClFN3O4/c1-12(25)13-2-4-18(16(21)10-13)22-6-8-23(9-7-22)19(26)15-11-14(20)3-5-17(15)24(27)28/h2-5,10-11H,6-9H2,1H3. The van der Waals surface area contributed by atoms with Gasteiger partial charge in [-0.05, 0) is 37.3 Å². The third-order valence-corrected chi connectivity index (χ3v) is 4.88. The molecular weight excluding hydrogens is 389 g/mol. The summed E-state index contributed by atoms with van der Waals surface area (Å²) in [4.78, 5) is 37.9. The van der Waals surface area contributed by atoms with Crippen LogP contribution in [0.15, 0.2) is 36.4 Å². The zero-order valence-electron chi connectivity index (χ0n) is 15.0. The van der Waals surface area contributed by atoms with Crippen molar-refractivity contribution >= 4 is 34.7 Å². The number of nitro benzene ring substituents is 1. The molecule has 0 aliphatic carbocycles. The fourth-order valence-electron chi connectivity index (χ4n) is 3.14. The van der Waals surface area contributed by atoms with Crippen molar-refractivity contribution in [2.75, 3.05) is 31.1 Å². The molecule has 0 unspecified atom stereocenters. The molecule has 1 amide bonds. The van der Waals surface area contributed by atoms with E-state index in [-0.39, 0.29) is 35.1 Å². The van der Waals surface area contributed by atoms with Crippen LogP contribution in [0.2, 0.25) is 5.02 Å². The number of rotatable bonds is 4. The zero-order valence-corrected chi connectivity index (χ0v) is 15.8. The predicted octanol–water partition coefficient (Wildman–Crippen LogP) is 3.55. The molecule has 1 aliphatic rings. The maximum absolute atomic E-state index is 14.3. The number of hydrogen-bond acceptors (Lipinski definition) is 5. The van der Waals surface area contributed by atoms with Gasteiger partial charge in [-0.25, -0.2) is 4.39 Å². The predicted molar refractivity (Wildman–Crippen MR) is 103 cm³/mol. The summed E-state index contributed by atoms with van der Waals surface area (Å²) >= 11 is 5.89. The van der Waals surface area contributed by atoms with Gasteiger partial charge in [0.15, 0.2) is 5.78 Å². The molecule has 0 bridgehead atoms. The quantitative estimate of drug-likeness (QED) is 0.441. The highest BCUT2D eigenvalue weighted by Gasteiger charge is 2.28. The highest BCUT2D eigenvalue weighted by molar-refractivity contribution is 6.31. The van der Waals surface area contributed by atoms with Crippen LogP contribution >= 0.6 is 11.6 Å². The van der Waals surface area contributed by atoms with E-state index < -0.39 is 16.6 Å². The van der Waals surface area contributed by atoms with Gasteiger partial charge in [0.1, 0.15) is 11.4 Å². The topological polar surface area (TPSA) is 83.8 Å². The Balaban J connectivity index is 1.74. The maximum Gasteiger partial charge on any atom is 0.282 e. The average molecular weight is 406 g/mol. The van der Waals surface area contributed by atoms with E-state index in [4.69, 9.17) is 11.6 Å². The van der Waals surface area contributed by atoms with Gasteiger partial charge in [-0.15, -0.1) is 0 Å². The first kappa shape index (κ1) is 19.8. The van der Waals surface area contributed by atoms with E-state index in [9.17, 15) is 24.1 Å². The van der Waals surface area contributed by atoms with Crippen LogP contribution in [-0.4, -0.2) is 47.7 Å². The molecule has 1 heterocycles. The summed E-state index contributed by atoms with van der Waals surface area (Å²) in [6, 6.07) is 8.16. The molecule has 0 radical (unpaired) electrons. The van der Waals surface area contributed by atoms with Crippen LogP contribution in [0.3, 0.4) is 0 Å². The minimum Gasteiger partial charge on any atom is -0.366 e. The Morgan fingerprint density at radius 3 is 2.36 bits per heavy atom. The number of anilines is 1. The number of nitrogens with zero attached hydrogens (tertiary/aromatic N) is 3. The van der Waals surface area contributed by atoms with Gasteiger partial charge in [0.05, 0.1) is 10.6 Å². The van der Waals surface area contributed by atoms with Crippen molar-refractivity contribution in [3.05, 3.63) is 68.5 Å². The molecular formula is C19H17ClFN3O4. The first-order valence-electron chi connectivity index (χ1n) is 8.56. The Labute approximate surface area is 165 Å². The number of ketones is 1. The smallest absolute Gasteiger partial charge is 0.282 e. The Morgan fingerprint density at radius 1 is 1.11 bits per heavy atom. The van der Waals surface area contributed by atoms with Crippen molar-refractivity contribution < 1.29 is 18.9 Å². The van der Waals surface area contributed by atoms with Crippen LogP contribution in [0.25, 0.3) is 0 Å². The van der Waals surface area contributed by atoms with Crippen molar-refractivity contribution in [1.82, 2.24) is 4.90 Å². The van der Waals surface area contributed by atoms with Gasteiger partial charge in [0.2, 0.25) is 0 Å². The second-order valence-electron chi connectivity index (χ2n) is 6.42. The summed E-state index contributed by atoms with van der Waals surface area (Å²) in [5.41, 5.74) is 0.278. The Morgan fingerprint density at radius 2 is 1.79 bits per heavy atom. The maximum atomic E-state index is 14.3. The third-order valence-electron chi connectivity index (χ3n) is 4.65. The van der Waals surface area contributed by atoms with Gasteiger partial charge in [-0.3, -0.25) is 19.7 Å². The van der Waals surface area contributed by atoms with Crippen LogP contribution in [0.5, 0.6) is 0 Å². The molecule has 0 aromatic heterocycles. The summed E-state index contributed by atoms with van der Waals surface area (Å²) in [5.74, 6) is -1.21. The highest BCUT2D eigenvalue weighted by Crippen LogP contribution is 2.26. The summed E-state index contributed by atoms with van der Waals surface area (Å²) in [6.45, 7) is 2.63. The number of hydrogen-bond donors (Lipinski definition) is 0. The number of amides is 1. The van der Waals surface area contributed by atoms with Gasteiger partial charge in [-0.1, -0.05) is 11.6 Å². The molecule has 7 nitrogen and oxygen atoms in total. The molecule has 0 atom stereocenters. The van der Waals surface area contributed by atoms with E-state index >= 15 is 0 Å². The van der Waals surface area contributed by atoms with Crippen LogP contribution < -0.4 is 4.90 Å². The number of carbonyl (C=O) groups excluding carboxylic acids is 2. The van der Waals surface area contributed by atoms with Gasteiger partial charge in [0.25, 0.3) is 11.6 Å². The SMILES string of the molecule is CC(=O)c1ccc(N2CCN(C(=O)c3cc(Cl)ccc3[N+](=O)[O-])CC2)c(F)c1. The van der Waals surface area contributed by atoms with Gasteiger partial charge < -0.3 is 9.80 Å². The third kappa shape index (κ3) is 3.96. The lowest BCUT2D eigenvalue weighted by molar-refractivity contribution is -0.385. The summed E-state index contributed by atoms with van der Waals surface area (Å²) in [7, 11) is 0. The Kier molecular flexibility index (Phi) is 5.60. The molecule has 2 aromatic rings. The van der Waals surface area contributed by atoms with Gasteiger partial charge >= 0.3 is 0 Å². The number of carbonyl (C=O) groups is 2. The molecule has 146 valence electrons.